The van der Waals surface area contributed by atoms with E-state index in [1.54, 1.807) is 38.1 Å². The molecule has 0 saturated carbocycles. The number of aromatic nitrogens is 1. The summed E-state index contributed by atoms with van der Waals surface area (Å²) in [5.41, 5.74) is 1.88. The highest BCUT2D eigenvalue weighted by atomic mass is 32.2. The third-order valence-corrected chi connectivity index (χ3v) is 5.02. The lowest BCUT2D eigenvalue weighted by Crippen LogP contribution is -2.15. The zero-order chi connectivity index (χ0) is 17.3. The highest BCUT2D eigenvalue weighted by molar-refractivity contribution is 7.92. The maximum atomic E-state index is 13.7. The molecule has 24 heavy (non-hydrogen) atoms. The van der Waals surface area contributed by atoms with Crippen molar-refractivity contribution >= 4 is 15.7 Å². The molecule has 0 aliphatic carbocycles. The molecule has 2 aromatic carbocycles. The summed E-state index contributed by atoms with van der Waals surface area (Å²) in [6.45, 7) is 3.47. The third-order valence-electron chi connectivity index (χ3n) is 3.50. The van der Waals surface area contributed by atoms with E-state index in [0.29, 0.717) is 11.3 Å². The molecule has 1 aromatic heterocycles. The summed E-state index contributed by atoms with van der Waals surface area (Å²) in [6.07, 6.45) is 0. The Hall–Kier alpha value is -2.67. The van der Waals surface area contributed by atoms with Gasteiger partial charge in [0, 0.05) is 11.6 Å². The Labute approximate surface area is 139 Å². The summed E-state index contributed by atoms with van der Waals surface area (Å²) >= 11 is 0. The fourth-order valence-electron chi connectivity index (χ4n) is 2.35. The first-order valence-electron chi connectivity index (χ1n) is 7.18. The summed E-state index contributed by atoms with van der Waals surface area (Å²) in [6, 6.07) is 12.2. The number of aryl methyl sites for hydroxylation is 2. The van der Waals surface area contributed by atoms with E-state index >= 15 is 0 Å². The normalized spacial score (nSPS) is 11.5. The van der Waals surface area contributed by atoms with Gasteiger partial charge in [-0.1, -0.05) is 17.3 Å². The molecule has 0 bridgehead atoms. The van der Waals surface area contributed by atoms with E-state index < -0.39 is 15.8 Å². The van der Waals surface area contributed by atoms with E-state index in [1.165, 1.54) is 24.3 Å². The van der Waals surface area contributed by atoms with Crippen LogP contribution in [0.25, 0.3) is 11.3 Å². The molecule has 0 aliphatic rings. The number of nitrogens with zero attached hydrogens (tertiary/aromatic N) is 1. The van der Waals surface area contributed by atoms with Crippen molar-refractivity contribution in [2.75, 3.05) is 4.72 Å². The molecule has 5 nitrogen and oxygen atoms in total. The lowest BCUT2D eigenvalue weighted by molar-refractivity contribution is 0.427. The Morgan fingerprint density at radius 1 is 1.08 bits per heavy atom. The Morgan fingerprint density at radius 2 is 1.83 bits per heavy atom. The average Bonchev–Trinajstić information content (AvgIpc) is 2.95. The molecule has 0 saturated heterocycles. The van der Waals surface area contributed by atoms with Gasteiger partial charge >= 0.3 is 0 Å². The second-order valence-corrected chi connectivity index (χ2v) is 7.05. The van der Waals surface area contributed by atoms with Gasteiger partial charge in [-0.2, -0.15) is 0 Å². The van der Waals surface area contributed by atoms with E-state index in [9.17, 15) is 12.8 Å². The maximum Gasteiger partial charge on any atom is 0.262 e. The number of rotatable bonds is 4. The van der Waals surface area contributed by atoms with Crippen molar-refractivity contribution in [1.29, 1.82) is 0 Å². The van der Waals surface area contributed by atoms with E-state index in [4.69, 9.17) is 4.52 Å². The first-order valence-corrected chi connectivity index (χ1v) is 8.67. The molecule has 124 valence electrons. The number of nitrogens with one attached hydrogen (secondary N) is 1. The van der Waals surface area contributed by atoms with E-state index in [2.05, 4.69) is 9.88 Å². The van der Waals surface area contributed by atoms with Crippen LogP contribution in [0.15, 0.2) is 57.9 Å². The molecule has 1 N–H and O–H groups in total. The number of para-hydroxylation sites is 1. The number of halogens is 1. The molecule has 7 heteroatoms. The summed E-state index contributed by atoms with van der Waals surface area (Å²) in [5.74, 6) is -0.0749. The second kappa shape index (κ2) is 6.09. The lowest BCUT2D eigenvalue weighted by atomic mass is 10.1. The minimum Gasteiger partial charge on any atom is -0.356 e. The van der Waals surface area contributed by atoms with Gasteiger partial charge in [-0.15, -0.1) is 0 Å². The minimum absolute atomic E-state index is 0.0748. The van der Waals surface area contributed by atoms with Crippen LogP contribution in [0.1, 0.15) is 11.3 Å². The van der Waals surface area contributed by atoms with Crippen LogP contribution in [-0.4, -0.2) is 13.6 Å². The van der Waals surface area contributed by atoms with Crippen molar-refractivity contribution < 1.29 is 17.3 Å². The van der Waals surface area contributed by atoms with Gasteiger partial charge in [0.15, 0.2) is 5.76 Å². The Kier molecular flexibility index (Phi) is 4.11. The number of hydrogen-bond acceptors (Lipinski definition) is 4. The second-order valence-electron chi connectivity index (χ2n) is 5.40. The molecule has 0 amide bonds. The van der Waals surface area contributed by atoms with Crippen LogP contribution >= 0.6 is 0 Å². The van der Waals surface area contributed by atoms with Crippen LogP contribution in [0.4, 0.5) is 10.1 Å². The molecule has 1 heterocycles. The van der Waals surface area contributed by atoms with Gasteiger partial charge in [-0.05, 0) is 49.7 Å². The molecule has 0 radical (unpaired) electrons. The molecule has 0 atom stereocenters. The molecule has 0 aliphatic heterocycles. The van der Waals surface area contributed by atoms with Crippen LogP contribution in [0.3, 0.4) is 0 Å². The molecule has 3 aromatic rings. The first kappa shape index (κ1) is 16.2. The van der Waals surface area contributed by atoms with Crippen molar-refractivity contribution in [2.24, 2.45) is 0 Å². The molecular weight excluding hydrogens is 331 g/mol. The number of hydrogen-bond donors (Lipinski definition) is 1. The van der Waals surface area contributed by atoms with E-state index in [-0.39, 0.29) is 10.6 Å². The summed E-state index contributed by atoms with van der Waals surface area (Å²) in [5, 5.41) is 3.81. The van der Waals surface area contributed by atoms with Crippen molar-refractivity contribution in [2.45, 2.75) is 18.7 Å². The largest absolute Gasteiger partial charge is 0.356 e. The van der Waals surface area contributed by atoms with Crippen molar-refractivity contribution in [3.63, 3.8) is 0 Å². The van der Waals surface area contributed by atoms with Crippen LogP contribution in [-0.2, 0) is 10.0 Å². The summed E-state index contributed by atoms with van der Waals surface area (Å²) < 4.78 is 46.1. The van der Waals surface area contributed by atoms with Gasteiger partial charge in [-0.25, -0.2) is 12.8 Å². The number of anilines is 1. The zero-order valence-electron chi connectivity index (χ0n) is 13.1. The average molecular weight is 346 g/mol. The molecule has 0 spiro atoms. The third kappa shape index (κ3) is 3.16. The maximum absolute atomic E-state index is 13.7. The highest BCUT2D eigenvalue weighted by Crippen LogP contribution is 2.27. The minimum atomic E-state index is -3.90. The van der Waals surface area contributed by atoms with E-state index in [1.807, 2.05) is 0 Å². The fourth-order valence-corrected chi connectivity index (χ4v) is 3.64. The standard InChI is InChI=1S/C17H15FN2O3S/c1-11-9-13(16-10-12(2)19-23-16)7-8-17(11)24(21,22)20-15-6-4-3-5-14(15)18/h3-10,20H,1-2H3. The summed E-state index contributed by atoms with van der Waals surface area (Å²) in [7, 11) is -3.90. The Morgan fingerprint density at radius 3 is 2.46 bits per heavy atom. The van der Waals surface area contributed by atoms with Crippen LogP contribution < -0.4 is 4.72 Å². The van der Waals surface area contributed by atoms with Crippen molar-refractivity contribution in [3.05, 3.63) is 65.6 Å². The van der Waals surface area contributed by atoms with Gasteiger partial charge in [0.2, 0.25) is 0 Å². The Bertz CT molecular complexity index is 997. The monoisotopic (exact) mass is 346 g/mol. The van der Waals surface area contributed by atoms with Gasteiger partial charge in [0.25, 0.3) is 10.0 Å². The van der Waals surface area contributed by atoms with Crippen molar-refractivity contribution in [3.8, 4) is 11.3 Å². The quantitative estimate of drug-likeness (QED) is 0.778. The van der Waals surface area contributed by atoms with Gasteiger partial charge in [-0.3, -0.25) is 4.72 Å². The number of benzene rings is 2. The number of sulfonamides is 1. The van der Waals surface area contributed by atoms with Gasteiger partial charge in [0.05, 0.1) is 16.3 Å². The molecular formula is C17H15FN2O3S. The molecule has 3 rings (SSSR count). The predicted molar refractivity (Wildman–Crippen MR) is 88.6 cm³/mol. The SMILES string of the molecule is Cc1cc(-c2ccc(S(=O)(=O)Nc3ccccc3F)c(C)c2)on1. The fraction of sp³-hybridized carbons (Fsp3) is 0.118. The lowest BCUT2D eigenvalue weighted by Gasteiger charge is -2.11. The van der Waals surface area contributed by atoms with Crippen LogP contribution in [0.2, 0.25) is 0 Å². The predicted octanol–water partition coefficient (Wildman–Crippen LogP) is 3.90. The molecule has 0 fully saturated rings. The Balaban J connectivity index is 1.95. The summed E-state index contributed by atoms with van der Waals surface area (Å²) in [4.78, 5) is 0.0748. The van der Waals surface area contributed by atoms with E-state index in [0.717, 1.165) is 11.3 Å². The van der Waals surface area contributed by atoms with Gasteiger partial charge < -0.3 is 4.52 Å². The smallest absolute Gasteiger partial charge is 0.262 e. The van der Waals surface area contributed by atoms with Crippen molar-refractivity contribution in [1.82, 2.24) is 5.16 Å². The van der Waals surface area contributed by atoms with Gasteiger partial charge in [0.1, 0.15) is 5.82 Å². The zero-order valence-corrected chi connectivity index (χ0v) is 13.9. The topological polar surface area (TPSA) is 72.2 Å². The first-order chi connectivity index (χ1) is 11.4. The van der Waals surface area contributed by atoms with Crippen LogP contribution in [0, 0.1) is 19.7 Å². The van der Waals surface area contributed by atoms with Crippen LogP contribution in [0.5, 0.6) is 0 Å². The highest BCUT2D eigenvalue weighted by Gasteiger charge is 2.19. The molecule has 0 unspecified atom stereocenters.